The Morgan fingerprint density at radius 1 is 1.10 bits per heavy atom. The number of aromatic nitrogens is 1. The molecule has 0 saturated heterocycles. The second-order valence-electron chi connectivity index (χ2n) is 8.30. The molecule has 0 aliphatic carbocycles. The molecule has 1 N–H and O–H groups in total. The number of esters is 1. The van der Waals surface area contributed by atoms with E-state index in [9.17, 15) is 9.59 Å². The van der Waals surface area contributed by atoms with Crippen molar-refractivity contribution in [2.24, 2.45) is 0 Å². The molecular weight excluding hydrogens is 390 g/mol. The Balaban J connectivity index is 1.69. The molecule has 1 aromatic heterocycles. The third kappa shape index (κ3) is 4.44. The van der Waals surface area contributed by atoms with E-state index in [0.717, 1.165) is 41.7 Å². The number of rotatable bonds is 5. The fraction of sp³-hybridized carbons (Fsp3) is 0.320. The van der Waals surface area contributed by atoms with Crippen molar-refractivity contribution < 1.29 is 19.2 Å². The van der Waals surface area contributed by atoms with E-state index in [4.69, 9.17) is 9.72 Å². The van der Waals surface area contributed by atoms with Crippen molar-refractivity contribution in [3.8, 4) is 0 Å². The van der Waals surface area contributed by atoms with E-state index in [-0.39, 0.29) is 5.91 Å². The molecule has 160 valence electrons. The van der Waals surface area contributed by atoms with Gasteiger partial charge in [-0.15, -0.1) is 0 Å². The highest BCUT2D eigenvalue weighted by atomic mass is 16.5. The molecule has 0 radical (unpaired) electrons. The van der Waals surface area contributed by atoms with Crippen LogP contribution in [0.4, 0.5) is 0 Å². The highest BCUT2D eigenvalue weighted by Gasteiger charge is 2.30. The van der Waals surface area contributed by atoms with Gasteiger partial charge in [-0.1, -0.05) is 48.5 Å². The van der Waals surface area contributed by atoms with E-state index in [1.165, 1.54) is 15.4 Å². The van der Waals surface area contributed by atoms with Crippen molar-refractivity contribution in [2.45, 2.75) is 32.5 Å². The molecule has 1 aliphatic heterocycles. The van der Waals surface area contributed by atoms with Gasteiger partial charge in [0, 0.05) is 37.0 Å². The standard InChI is InChI=1S/C25H27N3O3/c1-17(24(29)27(2)3)31-25(30)23-19-11-7-8-12-21(19)26-22-13-14-28(16-20(22)23)15-18-9-5-4-6-10-18/h4-12,17H,13-16H2,1-3H3/p+1/t17-/m1/s1. The average molecular weight is 419 g/mol. The minimum Gasteiger partial charge on any atom is -0.449 e. The highest BCUT2D eigenvalue weighted by Crippen LogP contribution is 2.26. The Bertz CT molecular complexity index is 1110. The van der Waals surface area contributed by atoms with Crippen LogP contribution in [0, 0.1) is 0 Å². The van der Waals surface area contributed by atoms with Crippen LogP contribution in [0.1, 0.15) is 34.1 Å². The molecule has 3 aromatic rings. The van der Waals surface area contributed by atoms with Crippen LogP contribution >= 0.6 is 0 Å². The van der Waals surface area contributed by atoms with Crippen LogP contribution in [0.3, 0.4) is 0 Å². The molecule has 1 aliphatic rings. The first-order valence-corrected chi connectivity index (χ1v) is 10.6. The van der Waals surface area contributed by atoms with Gasteiger partial charge in [-0.3, -0.25) is 9.78 Å². The van der Waals surface area contributed by atoms with E-state index in [0.29, 0.717) is 12.1 Å². The highest BCUT2D eigenvalue weighted by molar-refractivity contribution is 6.05. The monoisotopic (exact) mass is 418 g/mol. The van der Waals surface area contributed by atoms with Crippen molar-refractivity contribution >= 4 is 22.8 Å². The number of hydrogen-bond acceptors (Lipinski definition) is 4. The van der Waals surface area contributed by atoms with Crippen LogP contribution in [-0.4, -0.2) is 48.5 Å². The van der Waals surface area contributed by atoms with Gasteiger partial charge in [-0.2, -0.15) is 0 Å². The third-order valence-electron chi connectivity index (χ3n) is 5.79. The van der Waals surface area contributed by atoms with Crippen LogP contribution in [0.15, 0.2) is 54.6 Å². The lowest BCUT2D eigenvalue weighted by molar-refractivity contribution is -0.929. The number of hydrogen-bond donors (Lipinski definition) is 1. The number of nitrogens with zero attached hydrogens (tertiary/aromatic N) is 2. The molecule has 6 nitrogen and oxygen atoms in total. The molecule has 0 bridgehead atoms. The first kappa shape index (κ1) is 21.0. The number of carbonyl (C=O) groups excluding carboxylic acids is 2. The lowest BCUT2D eigenvalue weighted by Crippen LogP contribution is -3.10. The maximum absolute atomic E-state index is 13.3. The quantitative estimate of drug-likeness (QED) is 0.644. The summed E-state index contributed by atoms with van der Waals surface area (Å²) in [5.41, 5.74) is 4.49. The van der Waals surface area contributed by atoms with Crippen LogP contribution in [0.25, 0.3) is 10.9 Å². The summed E-state index contributed by atoms with van der Waals surface area (Å²) in [6.45, 7) is 4.15. The number of carbonyl (C=O) groups is 2. The van der Waals surface area contributed by atoms with Gasteiger partial charge in [0.05, 0.1) is 23.3 Å². The van der Waals surface area contributed by atoms with Gasteiger partial charge in [0.2, 0.25) is 0 Å². The van der Waals surface area contributed by atoms with Gasteiger partial charge in [0.1, 0.15) is 13.1 Å². The Hall–Kier alpha value is -3.25. The summed E-state index contributed by atoms with van der Waals surface area (Å²) in [4.78, 5) is 33.2. The smallest absolute Gasteiger partial charge is 0.340 e. The van der Waals surface area contributed by atoms with Crippen LogP contribution in [0.2, 0.25) is 0 Å². The summed E-state index contributed by atoms with van der Waals surface area (Å²) in [5.74, 6) is -0.699. The average Bonchev–Trinajstić information content (AvgIpc) is 2.77. The second kappa shape index (κ2) is 8.86. The molecular formula is C25H28N3O3+. The summed E-state index contributed by atoms with van der Waals surface area (Å²) < 4.78 is 5.62. The predicted molar refractivity (Wildman–Crippen MR) is 119 cm³/mol. The van der Waals surface area contributed by atoms with Crippen LogP contribution < -0.4 is 4.90 Å². The first-order chi connectivity index (χ1) is 14.9. The van der Waals surface area contributed by atoms with E-state index in [1.54, 1.807) is 21.0 Å². The van der Waals surface area contributed by atoms with E-state index in [2.05, 4.69) is 12.1 Å². The van der Waals surface area contributed by atoms with Crippen molar-refractivity contribution in [1.29, 1.82) is 0 Å². The van der Waals surface area contributed by atoms with Gasteiger partial charge < -0.3 is 14.5 Å². The topological polar surface area (TPSA) is 63.9 Å². The largest absolute Gasteiger partial charge is 0.449 e. The molecule has 1 unspecified atom stereocenters. The van der Waals surface area contributed by atoms with Crippen molar-refractivity contribution in [3.63, 3.8) is 0 Å². The van der Waals surface area contributed by atoms with Crippen molar-refractivity contribution in [1.82, 2.24) is 9.88 Å². The maximum Gasteiger partial charge on any atom is 0.340 e. The SMILES string of the molecule is C[C@@H](OC(=O)c1c2c(nc3ccccc13)CC[NH+](Cc1ccccc1)C2)C(=O)N(C)C. The minimum atomic E-state index is -0.846. The zero-order valence-corrected chi connectivity index (χ0v) is 18.2. The number of para-hydroxylation sites is 1. The van der Waals surface area contributed by atoms with Crippen LogP contribution in [-0.2, 0) is 29.0 Å². The summed E-state index contributed by atoms with van der Waals surface area (Å²) in [6.07, 6.45) is -0.0455. The number of benzene rings is 2. The van der Waals surface area contributed by atoms with Crippen molar-refractivity contribution in [2.75, 3.05) is 20.6 Å². The zero-order valence-electron chi connectivity index (χ0n) is 18.2. The van der Waals surface area contributed by atoms with Gasteiger partial charge in [0.25, 0.3) is 5.91 Å². The fourth-order valence-electron chi connectivity index (χ4n) is 4.24. The molecule has 2 aromatic carbocycles. The Morgan fingerprint density at radius 3 is 2.55 bits per heavy atom. The molecule has 0 saturated carbocycles. The van der Waals surface area contributed by atoms with Gasteiger partial charge in [-0.05, 0) is 13.0 Å². The van der Waals surface area contributed by atoms with Gasteiger partial charge >= 0.3 is 5.97 Å². The number of likely N-dealkylation sites (N-methyl/N-ethyl adjacent to an activating group) is 1. The number of nitrogens with one attached hydrogen (secondary N) is 1. The number of ether oxygens (including phenoxy) is 1. The Kier molecular flexibility index (Phi) is 6.00. The Labute approximate surface area is 182 Å². The predicted octanol–water partition coefficient (Wildman–Crippen LogP) is 2.01. The molecule has 31 heavy (non-hydrogen) atoms. The summed E-state index contributed by atoms with van der Waals surface area (Å²) >= 11 is 0. The number of pyridine rings is 1. The molecule has 2 atom stereocenters. The van der Waals surface area contributed by atoms with E-state index < -0.39 is 12.1 Å². The second-order valence-corrected chi connectivity index (χ2v) is 8.30. The number of fused-ring (bicyclic) bond motifs is 2. The van der Waals surface area contributed by atoms with Crippen LogP contribution in [0.5, 0.6) is 0 Å². The molecule has 4 rings (SSSR count). The van der Waals surface area contributed by atoms with Crippen molar-refractivity contribution in [3.05, 3.63) is 77.0 Å². The summed E-state index contributed by atoms with van der Waals surface area (Å²) in [7, 11) is 3.31. The third-order valence-corrected chi connectivity index (χ3v) is 5.79. The van der Waals surface area contributed by atoms with E-state index >= 15 is 0 Å². The number of quaternary nitrogens is 1. The fourth-order valence-corrected chi connectivity index (χ4v) is 4.24. The normalized spacial score (nSPS) is 16.4. The minimum absolute atomic E-state index is 0.239. The maximum atomic E-state index is 13.3. The lowest BCUT2D eigenvalue weighted by Gasteiger charge is -2.28. The first-order valence-electron chi connectivity index (χ1n) is 10.6. The molecule has 2 heterocycles. The van der Waals surface area contributed by atoms with Gasteiger partial charge in [-0.25, -0.2) is 4.79 Å². The lowest BCUT2D eigenvalue weighted by atomic mass is 9.95. The Morgan fingerprint density at radius 2 is 1.81 bits per heavy atom. The van der Waals surface area contributed by atoms with Gasteiger partial charge in [0.15, 0.2) is 6.10 Å². The zero-order chi connectivity index (χ0) is 22.0. The molecule has 0 spiro atoms. The number of amides is 1. The molecule has 0 fully saturated rings. The van der Waals surface area contributed by atoms with E-state index in [1.807, 2.05) is 42.5 Å². The molecule has 6 heteroatoms. The summed E-state index contributed by atoms with van der Waals surface area (Å²) in [5, 5.41) is 0.775. The molecule has 1 amide bonds. The summed E-state index contributed by atoms with van der Waals surface area (Å²) in [6, 6.07) is 18.0.